The van der Waals surface area contributed by atoms with Crippen LogP contribution in [0.1, 0.15) is 66.4 Å². The molecule has 1 aromatic rings. The van der Waals surface area contributed by atoms with Gasteiger partial charge >= 0.3 is 0 Å². The minimum absolute atomic E-state index is 0.0211. The zero-order chi connectivity index (χ0) is 18.4. The minimum Gasteiger partial charge on any atom is -0.333 e. The maximum Gasteiger partial charge on any atom is 0.223 e. The van der Waals surface area contributed by atoms with Crippen molar-refractivity contribution in [3.05, 3.63) is 48.0 Å². The third-order valence-electron chi connectivity index (χ3n) is 4.61. The molecule has 2 heteroatoms. The monoisotopic (exact) mass is 329 g/mol. The molecule has 2 rings (SSSR count). The molecule has 134 valence electrons. The molecular formula is C22H35NO. The highest BCUT2D eigenvalue weighted by atomic mass is 16.2. The second kappa shape index (κ2) is 8.50. The molecule has 1 fully saturated rings. The van der Waals surface area contributed by atoms with Gasteiger partial charge in [0.25, 0.3) is 0 Å². The van der Waals surface area contributed by atoms with Crippen molar-refractivity contribution in [3.8, 4) is 0 Å². The van der Waals surface area contributed by atoms with Gasteiger partial charge in [0.15, 0.2) is 0 Å². The van der Waals surface area contributed by atoms with Gasteiger partial charge in [0, 0.05) is 13.0 Å². The van der Waals surface area contributed by atoms with E-state index in [9.17, 15) is 4.79 Å². The number of rotatable bonds is 4. The summed E-state index contributed by atoms with van der Waals surface area (Å²) in [4.78, 5) is 15.0. The Morgan fingerprint density at radius 1 is 1.21 bits per heavy atom. The van der Waals surface area contributed by atoms with Crippen molar-refractivity contribution in [2.75, 3.05) is 6.54 Å². The van der Waals surface area contributed by atoms with Crippen LogP contribution < -0.4 is 0 Å². The fourth-order valence-corrected chi connectivity index (χ4v) is 3.50. The summed E-state index contributed by atoms with van der Waals surface area (Å²) < 4.78 is 0. The lowest BCUT2D eigenvalue weighted by Crippen LogP contribution is -2.50. The first kappa shape index (κ1) is 20.5. The standard InChI is InChI=1S/C20H29NO.C2H6/c1-16(2)20(14-17-10-7-6-8-11-17)12-9-13-21(20)18(22)15-19(3,4)5;1-2/h6-8,10-11H,1,9,12-15H2,2-5H3;1-2H3. The lowest BCUT2D eigenvalue weighted by atomic mass is 9.81. The van der Waals surface area contributed by atoms with Crippen LogP contribution >= 0.6 is 0 Å². The van der Waals surface area contributed by atoms with E-state index in [1.165, 1.54) is 5.56 Å². The smallest absolute Gasteiger partial charge is 0.223 e. The van der Waals surface area contributed by atoms with Crippen LogP contribution in [0.5, 0.6) is 0 Å². The first-order valence-corrected chi connectivity index (χ1v) is 9.25. The van der Waals surface area contributed by atoms with E-state index in [1.54, 1.807) is 0 Å². The predicted octanol–water partition coefficient (Wildman–Crippen LogP) is 5.63. The summed E-state index contributed by atoms with van der Waals surface area (Å²) in [6, 6.07) is 10.5. The molecule has 1 unspecified atom stereocenters. The van der Waals surface area contributed by atoms with E-state index in [2.05, 4.69) is 63.4 Å². The molecule has 1 atom stereocenters. The fraction of sp³-hybridized carbons (Fsp3) is 0.591. The molecule has 1 aromatic carbocycles. The van der Waals surface area contributed by atoms with Crippen molar-refractivity contribution in [2.45, 2.75) is 72.8 Å². The third-order valence-corrected chi connectivity index (χ3v) is 4.61. The van der Waals surface area contributed by atoms with E-state index < -0.39 is 0 Å². The third kappa shape index (κ3) is 4.96. The summed E-state index contributed by atoms with van der Waals surface area (Å²) in [5.74, 6) is 0.268. The van der Waals surface area contributed by atoms with Gasteiger partial charge in [-0.2, -0.15) is 0 Å². The van der Waals surface area contributed by atoms with Crippen LogP contribution in [0.2, 0.25) is 0 Å². The largest absolute Gasteiger partial charge is 0.333 e. The average molecular weight is 330 g/mol. The van der Waals surface area contributed by atoms with Crippen LogP contribution in [0, 0.1) is 5.41 Å². The first-order chi connectivity index (χ1) is 11.2. The van der Waals surface area contributed by atoms with E-state index in [1.807, 2.05) is 19.9 Å². The van der Waals surface area contributed by atoms with Crippen LogP contribution in [0.4, 0.5) is 0 Å². The molecule has 0 N–H and O–H groups in total. The van der Waals surface area contributed by atoms with Crippen molar-refractivity contribution in [1.82, 2.24) is 4.90 Å². The number of amides is 1. The molecule has 0 aliphatic carbocycles. The number of hydrogen-bond acceptors (Lipinski definition) is 1. The average Bonchev–Trinajstić information content (AvgIpc) is 2.94. The van der Waals surface area contributed by atoms with Gasteiger partial charge < -0.3 is 4.90 Å². The molecule has 1 aliphatic rings. The van der Waals surface area contributed by atoms with Crippen molar-refractivity contribution >= 4 is 5.91 Å². The second-order valence-corrected chi connectivity index (χ2v) is 7.86. The summed E-state index contributed by atoms with van der Waals surface area (Å²) in [6.45, 7) is 17.5. The molecule has 1 heterocycles. The molecule has 24 heavy (non-hydrogen) atoms. The second-order valence-electron chi connectivity index (χ2n) is 7.86. The number of carbonyl (C=O) groups is 1. The molecule has 0 radical (unpaired) electrons. The molecule has 2 nitrogen and oxygen atoms in total. The Kier molecular flexibility index (Phi) is 7.26. The van der Waals surface area contributed by atoms with Crippen molar-refractivity contribution in [1.29, 1.82) is 0 Å². The highest BCUT2D eigenvalue weighted by Crippen LogP contribution is 2.39. The van der Waals surface area contributed by atoms with Gasteiger partial charge in [-0.15, -0.1) is 0 Å². The molecule has 0 aromatic heterocycles. The summed E-state index contributed by atoms with van der Waals surface area (Å²) in [5, 5.41) is 0. The van der Waals surface area contributed by atoms with Gasteiger partial charge in [-0.25, -0.2) is 0 Å². The molecular weight excluding hydrogens is 294 g/mol. The Morgan fingerprint density at radius 2 is 1.79 bits per heavy atom. The maximum atomic E-state index is 12.9. The number of hydrogen-bond donors (Lipinski definition) is 0. The lowest BCUT2D eigenvalue weighted by molar-refractivity contribution is -0.136. The van der Waals surface area contributed by atoms with Gasteiger partial charge in [0.1, 0.15) is 0 Å². The first-order valence-electron chi connectivity index (χ1n) is 9.25. The van der Waals surface area contributed by atoms with Crippen molar-refractivity contribution < 1.29 is 4.79 Å². The summed E-state index contributed by atoms with van der Waals surface area (Å²) in [7, 11) is 0. The summed E-state index contributed by atoms with van der Waals surface area (Å²) >= 11 is 0. The lowest BCUT2D eigenvalue weighted by Gasteiger charge is -2.41. The Hall–Kier alpha value is -1.57. The number of carbonyl (C=O) groups excluding carboxylic acids is 1. The van der Waals surface area contributed by atoms with Crippen molar-refractivity contribution in [3.63, 3.8) is 0 Å². The predicted molar refractivity (Wildman–Crippen MR) is 104 cm³/mol. The van der Waals surface area contributed by atoms with Gasteiger partial charge in [-0.1, -0.05) is 77.1 Å². The van der Waals surface area contributed by atoms with E-state index in [-0.39, 0.29) is 16.9 Å². The van der Waals surface area contributed by atoms with Gasteiger partial charge in [-0.05, 0) is 37.2 Å². The molecule has 1 amide bonds. The normalized spacial score (nSPS) is 20.3. The van der Waals surface area contributed by atoms with E-state index in [0.717, 1.165) is 31.4 Å². The molecule has 0 saturated carbocycles. The van der Waals surface area contributed by atoms with Crippen LogP contribution in [0.25, 0.3) is 0 Å². The van der Waals surface area contributed by atoms with Crippen LogP contribution in [-0.4, -0.2) is 22.9 Å². The van der Waals surface area contributed by atoms with E-state index in [4.69, 9.17) is 0 Å². The molecule has 0 bridgehead atoms. The zero-order valence-corrected chi connectivity index (χ0v) is 16.5. The molecule has 0 spiro atoms. The van der Waals surface area contributed by atoms with Gasteiger partial charge in [0.05, 0.1) is 5.54 Å². The van der Waals surface area contributed by atoms with Gasteiger partial charge in [-0.3, -0.25) is 4.79 Å². The quantitative estimate of drug-likeness (QED) is 0.656. The zero-order valence-electron chi connectivity index (χ0n) is 16.5. The maximum absolute atomic E-state index is 12.9. The van der Waals surface area contributed by atoms with E-state index in [0.29, 0.717) is 6.42 Å². The highest BCUT2D eigenvalue weighted by molar-refractivity contribution is 5.78. The number of nitrogens with zero attached hydrogens (tertiary/aromatic N) is 1. The Morgan fingerprint density at radius 3 is 2.29 bits per heavy atom. The SMILES string of the molecule is C=C(C)C1(Cc2ccccc2)CCCN1C(=O)CC(C)(C)C.CC. The molecule has 1 aliphatic heterocycles. The highest BCUT2D eigenvalue weighted by Gasteiger charge is 2.44. The topological polar surface area (TPSA) is 20.3 Å². The molecule has 1 saturated heterocycles. The fourth-order valence-electron chi connectivity index (χ4n) is 3.50. The van der Waals surface area contributed by atoms with Gasteiger partial charge in [0.2, 0.25) is 5.91 Å². The van der Waals surface area contributed by atoms with Crippen LogP contribution in [0.15, 0.2) is 42.5 Å². The Labute approximate surface area is 149 Å². The minimum atomic E-state index is -0.205. The van der Waals surface area contributed by atoms with Crippen LogP contribution in [0.3, 0.4) is 0 Å². The Bertz CT molecular complexity index is 541. The van der Waals surface area contributed by atoms with E-state index >= 15 is 0 Å². The van der Waals surface area contributed by atoms with Crippen molar-refractivity contribution in [2.24, 2.45) is 5.41 Å². The van der Waals surface area contributed by atoms with Crippen LogP contribution in [-0.2, 0) is 11.2 Å². The Balaban J connectivity index is 0.00000139. The number of likely N-dealkylation sites (tertiary alicyclic amines) is 1. The number of benzene rings is 1. The summed E-state index contributed by atoms with van der Waals surface area (Å²) in [5.41, 5.74) is 2.20. The summed E-state index contributed by atoms with van der Waals surface area (Å²) in [6.07, 6.45) is 3.55.